The van der Waals surface area contributed by atoms with Crippen LogP contribution in [0.2, 0.25) is 5.04 Å². The SMILES string of the molecule is CC1(C)O[C@@]2(CO[Si](c3ccccc3)(c3ccccc3)C(C)(C)C)C=C(F)[C@@H](n3ccc(=O)[nH]c3=O)[C@@]2(C)O1. The Morgan fingerprint density at radius 1 is 0.949 bits per heavy atom. The molecule has 1 aliphatic carbocycles. The molecule has 2 aromatic carbocycles. The van der Waals surface area contributed by atoms with Gasteiger partial charge in [-0.1, -0.05) is 81.4 Å². The molecule has 1 aromatic heterocycles. The Labute approximate surface area is 228 Å². The number of fused-ring (bicyclic) bond motifs is 1. The Bertz CT molecular complexity index is 1470. The van der Waals surface area contributed by atoms with Crippen molar-refractivity contribution in [3.63, 3.8) is 0 Å². The normalized spacial score (nSPS) is 26.3. The van der Waals surface area contributed by atoms with Gasteiger partial charge in [0, 0.05) is 12.3 Å². The minimum atomic E-state index is -3.01. The quantitative estimate of drug-likeness (QED) is 0.472. The van der Waals surface area contributed by atoms with Crippen molar-refractivity contribution in [2.45, 2.75) is 69.6 Å². The van der Waals surface area contributed by atoms with Crippen molar-refractivity contribution in [1.29, 1.82) is 0 Å². The molecule has 1 aliphatic heterocycles. The molecule has 206 valence electrons. The van der Waals surface area contributed by atoms with Crippen LogP contribution in [0, 0.1) is 0 Å². The van der Waals surface area contributed by atoms with Gasteiger partial charge in [-0.2, -0.15) is 0 Å². The number of H-pyrrole nitrogens is 1. The van der Waals surface area contributed by atoms with Crippen LogP contribution in [0.1, 0.15) is 47.6 Å². The highest BCUT2D eigenvalue weighted by Crippen LogP contribution is 2.58. The maximum atomic E-state index is 15.9. The molecule has 3 aromatic rings. The largest absolute Gasteiger partial charge is 0.404 e. The standard InChI is InChI=1S/C30H35FN2O5Si/c1-27(2,3)39(21-13-9-7-10-14-21,22-15-11-8-12-16-22)36-20-30-19-23(31)25(29(30,6)37-28(4,5)38-30)33-18-17-24(34)32-26(33)35/h7-19,25H,20H2,1-6H3,(H,32,34,35)/t25-,29-,30-/m1/s1. The number of nitrogens with zero attached hydrogens (tertiary/aromatic N) is 1. The molecule has 0 amide bonds. The first-order valence-corrected chi connectivity index (χ1v) is 15.0. The lowest BCUT2D eigenvalue weighted by molar-refractivity contribution is -0.173. The molecule has 9 heteroatoms. The number of aromatic amines is 1. The van der Waals surface area contributed by atoms with Crippen LogP contribution in [0.4, 0.5) is 4.39 Å². The number of benzene rings is 2. The first kappa shape index (κ1) is 27.5. The predicted molar refractivity (Wildman–Crippen MR) is 151 cm³/mol. The van der Waals surface area contributed by atoms with Crippen molar-refractivity contribution in [2.24, 2.45) is 0 Å². The lowest BCUT2D eigenvalue weighted by atomic mass is 9.85. The van der Waals surface area contributed by atoms with E-state index >= 15 is 4.39 Å². The Morgan fingerprint density at radius 2 is 1.51 bits per heavy atom. The van der Waals surface area contributed by atoms with E-state index in [1.165, 1.54) is 18.3 Å². The topological polar surface area (TPSA) is 82.5 Å². The van der Waals surface area contributed by atoms with Crippen molar-refractivity contribution >= 4 is 18.7 Å². The summed E-state index contributed by atoms with van der Waals surface area (Å²) in [5, 5.41) is 1.85. The number of hydrogen-bond acceptors (Lipinski definition) is 5. The summed E-state index contributed by atoms with van der Waals surface area (Å²) in [5.41, 5.74) is -4.00. The second-order valence-corrected chi connectivity index (χ2v) is 16.3. The summed E-state index contributed by atoms with van der Waals surface area (Å²) in [5.74, 6) is -1.68. The maximum Gasteiger partial charge on any atom is 0.329 e. The molecule has 2 heterocycles. The predicted octanol–water partition coefficient (Wildman–Crippen LogP) is 3.80. The number of nitrogens with one attached hydrogen (secondary N) is 1. The summed E-state index contributed by atoms with van der Waals surface area (Å²) < 4.78 is 37.2. The van der Waals surface area contributed by atoms with E-state index < -0.39 is 48.4 Å². The van der Waals surface area contributed by atoms with E-state index in [0.29, 0.717) is 0 Å². The summed E-state index contributed by atoms with van der Waals surface area (Å²) >= 11 is 0. The lowest BCUT2D eigenvalue weighted by Crippen LogP contribution is -2.68. The van der Waals surface area contributed by atoms with Crippen LogP contribution in [0.25, 0.3) is 0 Å². The van der Waals surface area contributed by atoms with E-state index in [0.717, 1.165) is 14.9 Å². The van der Waals surface area contributed by atoms with Crippen molar-refractivity contribution in [2.75, 3.05) is 6.61 Å². The van der Waals surface area contributed by atoms with E-state index in [4.69, 9.17) is 13.9 Å². The molecule has 0 bridgehead atoms. The van der Waals surface area contributed by atoms with Gasteiger partial charge in [0.2, 0.25) is 0 Å². The number of hydrogen-bond donors (Lipinski definition) is 1. The fraction of sp³-hybridized carbons (Fsp3) is 0.400. The average molecular weight is 551 g/mol. The van der Waals surface area contributed by atoms with Crippen molar-refractivity contribution in [3.8, 4) is 0 Å². The minimum Gasteiger partial charge on any atom is -0.404 e. The molecule has 0 unspecified atom stereocenters. The first-order valence-electron chi connectivity index (χ1n) is 13.1. The second kappa shape index (κ2) is 9.23. The fourth-order valence-electron chi connectivity index (χ4n) is 6.40. The molecule has 1 saturated heterocycles. The van der Waals surface area contributed by atoms with Crippen molar-refractivity contribution in [3.05, 3.63) is 106 Å². The molecule has 2 aliphatic rings. The molecule has 5 rings (SSSR count). The summed E-state index contributed by atoms with van der Waals surface area (Å²) in [6, 6.07) is 20.4. The van der Waals surface area contributed by atoms with E-state index in [1.807, 2.05) is 36.4 Å². The van der Waals surface area contributed by atoms with Gasteiger partial charge < -0.3 is 13.9 Å². The summed E-state index contributed by atoms with van der Waals surface area (Å²) in [7, 11) is -3.01. The number of rotatable bonds is 6. The molecular formula is C30H35FN2O5Si. The van der Waals surface area contributed by atoms with E-state index in [-0.39, 0.29) is 11.6 Å². The third-order valence-electron chi connectivity index (χ3n) is 7.93. The van der Waals surface area contributed by atoms with Crippen LogP contribution in [-0.2, 0) is 13.9 Å². The van der Waals surface area contributed by atoms with Crippen molar-refractivity contribution in [1.82, 2.24) is 9.55 Å². The molecule has 1 N–H and O–H groups in total. The number of aromatic nitrogens is 2. The lowest BCUT2D eigenvalue weighted by Gasteiger charge is -2.46. The van der Waals surface area contributed by atoms with Crippen LogP contribution >= 0.6 is 0 Å². The average Bonchev–Trinajstić information content (AvgIpc) is 3.18. The zero-order valence-electron chi connectivity index (χ0n) is 23.2. The van der Waals surface area contributed by atoms with Crippen LogP contribution < -0.4 is 21.6 Å². The molecular weight excluding hydrogens is 515 g/mol. The summed E-state index contributed by atoms with van der Waals surface area (Å²) in [6.45, 7) is 11.8. The van der Waals surface area contributed by atoms with E-state index in [2.05, 4.69) is 50.0 Å². The van der Waals surface area contributed by atoms with Gasteiger partial charge in [0.25, 0.3) is 13.9 Å². The van der Waals surface area contributed by atoms with Crippen LogP contribution in [0.3, 0.4) is 0 Å². The third kappa shape index (κ3) is 4.28. The Morgan fingerprint density at radius 3 is 2.03 bits per heavy atom. The van der Waals surface area contributed by atoms with E-state index in [9.17, 15) is 9.59 Å². The highest BCUT2D eigenvalue weighted by Gasteiger charge is 2.70. The van der Waals surface area contributed by atoms with Gasteiger partial charge >= 0.3 is 5.69 Å². The molecule has 3 atom stereocenters. The molecule has 0 radical (unpaired) electrons. The zero-order valence-corrected chi connectivity index (χ0v) is 24.2. The Kier molecular flexibility index (Phi) is 6.50. The maximum absolute atomic E-state index is 15.9. The van der Waals surface area contributed by atoms with Crippen molar-refractivity contribution < 1.29 is 18.3 Å². The van der Waals surface area contributed by atoms with Gasteiger partial charge in [0.05, 0.1) is 6.61 Å². The van der Waals surface area contributed by atoms with E-state index in [1.54, 1.807) is 20.8 Å². The smallest absolute Gasteiger partial charge is 0.329 e. The minimum absolute atomic E-state index is 0.0117. The van der Waals surface area contributed by atoms with Crippen LogP contribution in [0.15, 0.2) is 94.4 Å². The second-order valence-electron chi connectivity index (χ2n) is 12.0. The van der Waals surface area contributed by atoms with Crippen LogP contribution in [0.5, 0.6) is 0 Å². The molecule has 39 heavy (non-hydrogen) atoms. The summed E-state index contributed by atoms with van der Waals surface area (Å²) in [6.07, 6.45) is 2.68. The zero-order chi connectivity index (χ0) is 28.3. The molecule has 0 spiro atoms. The van der Waals surface area contributed by atoms with Gasteiger partial charge in [0.15, 0.2) is 5.79 Å². The van der Waals surface area contributed by atoms with Gasteiger partial charge in [-0.05, 0) is 42.3 Å². The third-order valence-corrected chi connectivity index (χ3v) is 12.9. The van der Waals surface area contributed by atoms with Gasteiger partial charge in [-0.15, -0.1) is 0 Å². The molecule has 1 fully saturated rings. The number of ether oxygens (including phenoxy) is 2. The Balaban J connectivity index is 1.66. The first-order chi connectivity index (χ1) is 18.2. The summed E-state index contributed by atoms with van der Waals surface area (Å²) in [4.78, 5) is 26.7. The number of halogens is 1. The molecule has 0 saturated carbocycles. The van der Waals surface area contributed by atoms with Crippen LogP contribution in [-0.4, -0.2) is 41.5 Å². The van der Waals surface area contributed by atoms with Gasteiger partial charge in [0.1, 0.15) is 23.1 Å². The van der Waals surface area contributed by atoms with Gasteiger partial charge in [-0.25, -0.2) is 9.18 Å². The highest BCUT2D eigenvalue weighted by molar-refractivity contribution is 6.99. The Hall–Kier alpha value is -3.11. The monoisotopic (exact) mass is 550 g/mol. The van der Waals surface area contributed by atoms with Gasteiger partial charge in [-0.3, -0.25) is 14.3 Å². The molecule has 7 nitrogen and oxygen atoms in total. The highest BCUT2D eigenvalue weighted by atomic mass is 28.4. The fourth-order valence-corrected chi connectivity index (χ4v) is 11.0.